The van der Waals surface area contributed by atoms with E-state index in [4.69, 9.17) is 9.84 Å². The lowest BCUT2D eigenvalue weighted by atomic mass is 9.66. The number of carboxylic acids is 1. The van der Waals surface area contributed by atoms with Crippen molar-refractivity contribution >= 4 is 11.8 Å². The standard InChI is InChI=1S/C13H19N3O3/c1-2-19-11-8-14-7-10(16-11)15-9-13(4-3-5-13)6-12(17)18/h7-8H,2-6,9H2,1H3,(H,15,16)(H,17,18). The fourth-order valence-corrected chi connectivity index (χ4v) is 2.34. The second-order valence-corrected chi connectivity index (χ2v) is 4.95. The van der Waals surface area contributed by atoms with Gasteiger partial charge in [-0.05, 0) is 25.2 Å². The van der Waals surface area contributed by atoms with Gasteiger partial charge in [-0.1, -0.05) is 6.42 Å². The fraction of sp³-hybridized carbons (Fsp3) is 0.615. The van der Waals surface area contributed by atoms with Crippen molar-refractivity contribution in [3.8, 4) is 5.88 Å². The summed E-state index contributed by atoms with van der Waals surface area (Å²) in [6, 6.07) is 0. The van der Waals surface area contributed by atoms with Gasteiger partial charge in [-0.25, -0.2) is 0 Å². The number of aromatic nitrogens is 2. The molecule has 2 N–H and O–H groups in total. The van der Waals surface area contributed by atoms with Crippen LogP contribution in [-0.2, 0) is 4.79 Å². The highest BCUT2D eigenvalue weighted by molar-refractivity contribution is 5.68. The molecule has 1 aromatic heterocycles. The number of nitrogens with one attached hydrogen (secondary N) is 1. The summed E-state index contributed by atoms with van der Waals surface area (Å²) in [5.74, 6) is 0.367. The van der Waals surface area contributed by atoms with Crippen molar-refractivity contribution in [3.63, 3.8) is 0 Å². The van der Waals surface area contributed by atoms with Crippen LogP contribution in [0.5, 0.6) is 5.88 Å². The molecule has 1 saturated carbocycles. The lowest BCUT2D eigenvalue weighted by molar-refractivity contribution is -0.141. The zero-order valence-electron chi connectivity index (χ0n) is 11.1. The van der Waals surface area contributed by atoms with Crippen molar-refractivity contribution in [1.82, 2.24) is 9.97 Å². The Hall–Kier alpha value is -1.85. The SMILES string of the molecule is CCOc1cncc(NCC2(CC(=O)O)CCC2)n1. The second-order valence-electron chi connectivity index (χ2n) is 4.95. The minimum absolute atomic E-state index is 0.130. The quantitative estimate of drug-likeness (QED) is 0.783. The van der Waals surface area contributed by atoms with Crippen LogP contribution >= 0.6 is 0 Å². The molecule has 1 heterocycles. The molecule has 0 spiro atoms. The summed E-state index contributed by atoms with van der Waals surface area (Å²) in [5, 5.41) is 12.1. The van der Waals surface area contributed by atoms with E-state index < -0.39 is 5.97 Å². The molecule has 1 aromatic rings. The number of ether oxygens (including phenoxy) is 1. The Morgan fingerprint density at radius 1 is 1.53 bits per heavy atom. The van der Waals surface area contributed by atoms with E-state index in [1.54, 1.807) is 12.4 Å². The van der Waals surface area contributed by atoms with Crippen molar-refractivity contribution in [2.75, 3.05) is 18.5 Å². The first-order valence-electron chi connectivity index (χ1n) is 6.54. The van der Waals surface area contributed by atoms with Crippen molar-refractivity contribution in [2.24, 2.45) is 5.41 Å². The average molecular weight is 265 g/mol. The molecule has 1 aliphatic carbocycles. The molecule has 0 aromatic carbocycles. The predicted molar refractivity (Wildman–Crippen MR) is 70.2 cm³/mol. The Kier molecular flexibility index (Phi) is 4.19. The van der Waals surface area contributed by atoms with E-state index in [0.29, 0.717) is 24.8 Å². The van der Waals surface area contributed by atoms with Gasteiger partial charge in [0.1, 0.15) is 5.82 Å². The molecule has 19 heavy (non-hydrogen) atoms. The normalized spacial score (nSPS) is 16.5. The zero-order valence-corrected chi connectivity index (χ0v) is 11.1. The third-order valence-electron chi connectivity index (χ3n) is 3.49. The fourth-order valence-electron chi connectivity index (χ4n) is 2.34. The number of hydrogen-bond acceptors (Lipinski definition) is 5. The smallest absolute Gasteiger partial charge is 0.303 e. The van der Waals surface area contributed by atoms with Gasteiger partial charge in [0.15, 0.2) is 0 Å². The molecule has 6 nitrogen and oxygen atoms in total. The predicted octanol–water partition coefficient (Wildman–Crippen LogP) is 1.93. The van der Waals surface area contributed by atoms with Gasteiger partial charge in [0.05, 0.1) is 25.4 Å². The van der Waals surface area contributed by atoms with Crippen molar-refractivity contribution < 1.29 is 14.6 Å². The van der Waals surface area contributed by atoms with E-state index in [9.17, 15) is 4.79 Å². The molecule has 0 bridgehead atoms. The van der Waals surface area contributed by atoms with Gasteiger partial charge in [-0.15, -0.1) is 0 Å². The molecule has 0 amide bonds. The summed E-state index contributed by atoms with van der Waals surface area (Å²) in [4.78, 5) is 19.2. The number of nitrogens with zero attached hydrogens (tertiary/aromatic N) is 2. The average Bonchev–Trinajstić information content (AvgIpc) is 2.33. The number of hydrogen-bond donors (Lipinski definition) is 2. The molecule has 6 heteroatoms. The van der Waals surface area contributed by atoms with E-state index >= 15 is 0 Å². The largest absolute Gasteiger partial charge is 0.481 e. The first-order valence-corrected chi connectivity index (χ1v) is 6.54. The van der Waals surface area contributed by atoms with Crippen LogP contribution in [0.4, 0.5) is 5.82 Å². The Labute approximate surface area is 112 Å². The van der Waals surface area contributed by atoms with Crippen molar-refractivity contribution in [3.05, 3.63) is 12.4 Å². The molecule has 0 aliphatic heterocycles. The molecule has 1 aliphatic rings. The summed E-state index contributed by atoms with van der Waals surface area (Å²) < 4.78 is 5.28. The maximum Gasteiger partial charge on any atom is 0.303 e. The van der Waals surface area contributed by atoms with E-state index in [1.165, 1.54) is 0 Å². The van der Waals surface area contributed by atoms with Crippen LogP contribution in [0.3, 0.4) is 0 Å². The summed E-state index contributed by atoms with van der Waals surface area (Å²) in [5.41, 5.74) is -0.130. The highest BCUT2D eigenvalue weighted by atomic mass is 16.5. The van der Waals surface area contributed by atoms with Crippen LogP contribution in [0.2, 0.25) is 0 Å². The number of aliphatic carboxylic acids is 1. The minimum atomic E-state index is -0.740. The molecular weight excluding hydrogens is 246 g/mol. The Balaban J connectivity index is 1.93. The van der Waals surface area contributed by atoms with Crippen LogP contribution < -0.4 is 10.1 Å². The van der Waals surface area contributed by atoms with Crippen LogP contribution in [-0.4, -0.2) is 34.2 Å². The maximum atomic E-state index is 10.9. The van der Waals surface area contributed by atoms with Crippen LogP contribution in [0, 0.1) is 5.41 Å². The first-order chi connectivity index (χ1) is 9.13. The molecule has 0 unspecified atom stereocenters. The summed E-state index contributed by atoms with van der Waals surface area (Å²) in [6.07, 6.45) is 6.38. The van der Waals surface area contributed by atoms with E-state index in [0.717, 1.165) is 19.3 Å². The number of rotatable bonds is 7. The molecule has 1 fully saturated rings. The summed E-state index contributed by atoms with van der Waals surface area (Å²) in [6.45, 7) is 3.04. The van der Waals surface area contributed by atoms with Gasteiger partial charge in [0, 0.05) is 6.54 Å². The molecule has 104 valence electrons. The van der Waals surface area contributed by atoms with Gasteiger partial charge in [-0.3, -0.25) is 9.78 Å². The second kappa shape index (κ2) is 5.86. The third-order valence-corrected chi connectivity index (χ3v) is 3.49. The Morgan fingerprint density at radius 3 is 2.89 bits per heavy atom. The van der Waals surface area contributed by atoms with Gasteiger partial charge < -0.3 is 15.2 Å². The molecule has 0 radical (unpaired) electrons. The molecule has 0 saturated heterocycles. The lowest BCUT2D eigenvalue weighted by Crippen LogP contribution is -2.38. The maximum absolute atomic E-state index is 10.9. The topological polar surface area (TPSA) is 84.3 Å². The number of carbonyl (C=O) groups is 1. The van der Waals surface area contributed by atoms with Crippen LogP contribution in [0.15, 0.2) is 12.4 Å². The first kappa shape index (κ1) is 13.6. The van der Waals surface area contributed by atoms with Gasteiger partial charge >= 0.3 is 5.97 Å². The lowest BCUT2D eigenvalue weighted by Gasteiger charge is -2.40. The molecular formula is C13H19N3O3. The third kappa shape index (κ3) is 3.56. The van der Waals surface area contributed by atoms with Crippen molar-refractivity contribution in [2.45, 2.75) is 32.6 Å². The van der Waals surface area contributed by atoms with Crippen LogP contribution in [0.25, 0.3) is 0 Å². The van der Waals surface area contributed by atoms with E-state index in [-0.39, 0.29) is 11.8 Å². The van der Waals surface area contributed by atoms with Gasteiger partial charge in [-0.2, -0.15) is 4.98 Å². The molecule has 2 rings (SSSR count). The minimum Gasteiger partial charge on any atom is -0.481 e. The van der Waals surface area contributed by atoms with E-state index in [1.807, 2.05) is 6.92 Å². The highest BCUT2D eigenvalue weighted by Crippen LogP contribution is 2.43. The summed E-state index contributed by atoms with van der Waals surface area (Å²) >= 11 is 0. The zero-order chi connectivity index (χ0) is 13.7. The van der Waals surface area contributed by atoms with E-state index in [2.05, 4.69) is 15.3 Å². The number of carboxylic acid groups (broad SMARTS) is 1. The van der Waals surface area contributed by atoms with Crippen molar-refractivity contribution in [1.29, 1.82) is 0 Å². The van der Waals surface area contributed by atoms with Gasteiger partial charge in [0.2, 0.25) is 5.88 Å². The highest BCUT2D eigenvalue weighted by Gasteiger charge is 2.38. The Morgan fingerprint density at radius 2 is 2.32 bits per heavy atom. The molecule has 0 atom stereocenters. The summed E-state index contributed by atoms with van der Waals surface area (Å²) in [7, 11) is 0. The number of anilines is 1. The van der Waals surface area contributed by atoms with Crippen LogP contribution in [0.1, 0.15) is 32.6 Å². The van der Waals surface area contributed by atoms with Gasteiger partial charge in [0.25, 0.3) is 0 Å². The Bertz CT molecular complexity index is 447. The monoisotopic (exact) mass is 265 g/mol.